The van der Waals surface area contributed by atoms with Crippen LogP contribution in [-0.4, -0.2) is 0 Å². The largest absolute Gasteiger partial charge is 0.455 e. The molecule has 12 rings (SSSR count). The zero-order valence-corrected chi connectivity index (χ0v) is 35.4. The molecule has 0 unspecified atom stereocenters. The van der Waals surface area contributed by atoms with E-state index in [1.165, 1.54) is 66.8 Å². The van der Waals surface area contributed by atoms with E-state index in [-0.39, 0.29) is 10.8 Å². The normalized spacial score (nSPS) is 14.1. The lowest BCUT2D eigenvalue weighted by molar-refractivity contribution is 0.662. The highest BCUT2D eigenvalue weighted by molar-refractivity contribution is 6.09. The molecule has 296 valence electrons. The molecule has 10 aromatic rings. The topological polar surface area (TPSA) is 16.4 Å². The van der Waals surface area contributed by atoms with Crippen molar-refractivity contribution in [1.82, 2.24) is 0 Å². The molecule has 9 aromatic carbocycles. The third-order valence-electron chi connectivity index (χ3n) is 13.9. The third kappa shape index (κ3) is 5.36. The van der Waals surface area contributed by atoms with Crippen LogP contribution < -0.4 is 4.90 Å². The van der Waals surface area contributed by atoms with E-state index in [1.807, 2.05) is 12.1 Å². The van der Waals surface area contributed by atoms with Crippen molar-refractivity contribution in [2.24, 2.45) is 0 Å². The molecule has 0 saturated carbocycles. The molecule has 2 nitrogen and oxygen atoms in total. The monoisotopic (exact) mass is 795 g/mol. The van der Waals surface area contributed by atoms with Crippen LogP contribution in [0.5, 0.6) is 0 Å². The number of fused-ring (bicyclic) bond motifs is 9. The first-order valence-corrected chi connectivity index (χ1v) is 21.8. The van der Waals surface area contributed by atoms with Gasteiger partial charge in [0.15, 0.2) is 0 Å². The van der Waals surface area contributed by atoms with E-state index < -0.39 is 0 Å². The Hall–Kier alpha value is -7.42. The summed E-state index contributed by atoms with van der Waals surface area (Å²) >= 11 is 0. The van der Waals surface area contributed by atoms with E-state index in [4.69, 9.17) is 4.42 Å². The minimum absolute atomic E-state index is 0.0969. The SMILES string of the molecule is CC1(C)c2ccccc2-c2cccc(-c3ccc(N(c4ccc(-c5cccc6c5C(C)(C)c5ccccc5-6)cc4)c4ccc(-c5cccc6c5oc5ccccc56)cc4)cc3)c21. The van der Waals surface area contributed by atoms with E-state index in [0.717, 1.165) is 50.1 Å². The van der Waals surface area contributed by atoms with Crippen LogP contribution in [-0.2, 0) is 10.8 Å². The smallest absolute Gasteiger partial charge is 0.143 e. The summed E-state index contributed by atoms with van der Waals surface area (Å²) in [5, 5.41) is 2.28. The minimum Gasteiger partial charge on any atom is -0.455 e. The Bertz CT molecular complexity index is 3230. The predicted octanol–water partition coefficient (Wildman–Crippen LogP) is 16.7. The van der Waals surface area contributed by atoms with Crippen molar-refractivity contribution in [1.29, 1.82) is 0 Å². The summed E-state index contributed by atoms with van der Waals surface area (Å²) in [7, 11) is 0. The second kappa shape index (κ2) is 13.5. The number of furan rings is 1. The van der Waals surface area contributed by atoms with Crippen molar-refractivity contribution >= 4 is 39.0 Å². The van der Waals surface area contributed by atoms with Crippen molar-refractivity contribution in [2.45, 2.75) is 38.5 Å². The quantitative estimate of drug-likeness (QED) is 0.167. The molecule has 0 N–H and O–H groups in total. The Balaban J connectivity index is 0.954. The lowest BCUT2D eigenvalue weighted by Gasteiger charge is -2.27. The second-order valence-corrected chi connectivity index (χ2v) is 18.1. The fraction of sp³-hybridized carbons (Fsp3) is 0.100. The number of anilines is 3. The Morgan fingerprint density at radius 1 is 0.323 bits per heavy atom. The lowest BCUT2D eigenvalue weighted by Crippen LogP contribution is -2.16. The first-order chi connectivity index (χ1) is 30.3. The zero-order valence-electron chi connectivity index (χ0n) is 35.4. The molecular formula is C60H45NO. The van der Waals surface area contributed by atoms with Crippen LogP contribution in [0.1, 0.15) is 49.9 Å². The van der Waals surface area contributed by atoms with Crippen molar-refractivity contribution in [3.8, 4) is 55.6 Å². The van der Waals surface area contributed by atoms with Gasteiger partial charge < -0.3 is 9.32 Å². The molecule has 0 amide bonds. The Labute approximate surface area is 363 Å². The first kappa shape index (κ1) is 36.4. The van der Waals surface area contributed by atoms with Gasteiger partial charge in [0, 0.05) is 44.2 Å². The fourth-order valence-electron chi connectivity index (χ4n) is 11.0. The first-order valence-electron chi connectivity index (χ1n) is 21.8. The number of hydrogen-bond donors (Lipinski definition) is 0. The van der Waals surface area contributed by atoms with Gasteiger partial charge in [-0.05, 0) is 115 Å². The summed E-state index contributed by atoms with van der Waals surface area (Å²) in [6.45, 7) is 9.46. The molecule has 0 atom stereocenters. The number of hydrogen-bond acceptors (Lipinski definition) is 2. The minimum atomic E-state index is -0.0969. The number of nitrogens with zero attached hydrogens (tertiary/aromatic N) is 1. The average molecular weight is 796 g/mol. The molecule has 2 heteroatoms. The van der Waals surface area contributed by atoms with Crippen LogP contribution in [0.15, 0.2) is 205 Å². The molecule has 0 bridgehead atoms. The molecule has 0 aliphatic heterocycles. The highest BCUT2D eigenvalue weighted by Crippen LogP contribution is 2.54. The maximum absolute atomic E-state index is 6.46. The van der Waals surface area contributed by atoms with Gasteiger partial charge in [0.05, 0.1) is 0 Å². The van der Waals surface area contributed by atoms with Gasteiger partial charge in [-0.25, -0.2) is 0 Å². The van der Waals surface area contributed by atoms with Gasteiger partial charge in [-0.1, -0.05) is 185 Å². The van der Waals surface area contributed by atoms with Crippen LogP contribution in [0.2, 0.25) is 0 Å². The van der Waals surface area contributed by atoms with Crippen molar-refractivity contribution in [3.05, 3.63) is 222 Å². The number of benzene rings is 9. The summed E-state index contributed by atoms with van der Waals surface area (Å²) in [5.74, 6) is 0. The molecule has 2 aliphatic rings. The van der Waals surface area contributed by atoms with Gasteiger partial charge in [-0.2, -0.15) is 0 Å². The zero-order chi connectivity index (χ0) is 41.7. The molecule has 62 heavy (non-hydrogen) atoms. The molecule has 1 heterocycles. The summed E-state index contributed by atoms with van der Waals surface area (Å²) in [5.41, 5.74) is 23.1. The molecule has 2 aliphatic carbocycles. The van der Waals surface area contributed by atoms with Gasteiger partial charge >= 0.3 is 0 Å². The van der Waals surface area contributed by atoms with E-state index >= 15 is 0 Å². The Morgan fingerprint density at radius 3 is 1.21 bits per heavy atom. The summed E-state index contributed by atoms with van der Waals surface area (Å²) in [4.78, 5) is 2.38. The Kier molecular flexibility index (Phi) is 7.96. The molecule has 0 fully saturated rings. The molecule has 0 spiro atoms. The van der Waals surface area contributed by atoms with Crippen LogP contribution in [0.3, 0.4) is 0 Å². The average Bonchev–Trinajstić information content (AvgIpc) is 3.90. The van der Waals surface area contributed by atoms with Crippen LogP contribution in [0.4, 0.5) is 17.1 Å². The van der Waals surface area contributed by atoms with Crippen molar-refractivity contribution in [2.75, 3.05) is 4.90 Å². The van der Waals surface area contributed by atoms with Crippen molar-refractivity contribution in [3.63, 3.8) is 0 Å². The molecule has 0 radical (unpaired) electrons. The highest BCUT2D eigenvalue weighted by Gasteiger charge is 2.38. The van der Waals surface area contributed by atoms with Gasteiger partial charge in [0.2, 0.25) is 0 Å². The van der Waals surface area contributed by atoms with Gasteiger partial charge in [0.25, 0.3) is 0 Å². The fourth-order valence-corrected chi connectivity index (χ4v) is 11.0. The van der Waals surface area contributed by atoms with Gasteiger partial charge in [-0.3, -0.25) is 0 Å². The molecule has 0 saturated heterocycles. The van der Waals surface area contributed by atoms with Crippen LogP contribution in [0.25, 0.3) is 77.6 Å². The highest BCUT2D eigenvalue weighted by atomic mass is 16.3. The Morgan fingerprint density at radius 2 is 0.694 bits per heavy atom. The number of rotatable bonds is 6. The van der Waals surface area contributed by atoms with Gasteiger partial charge in [0.1, 0.15) is 11.2 Å². The molecular weight excluding hydrogens is 751 g/mol. The van der Waals surface area contributed by atoms with E-state index in [1.54, 1.807) is 0 Å². The predicted molar refractivity (Wildman–Crippen MR) is 260 cm³/mol. The van der Waals surface area contributed by atoms with E-state index in [0.29, 0.717) is 0 Å². The van der Waals surface area contributed by atoms with Crippen LogP contribution in [0, 0.1) is 0 Å². The van der Waals surface area contributed by atoms with Crippen LogP contribution >= 0.6 is 0 Å². The van der Waals surface area contributed by atoms with E-state index in [9.17, 15) is 0 Å². The summed E-state index contributed by atoms with van der Waals surface area (Å²) in [6, 6.07) is 73.4. The standard InChI is InChI=1S/C60H45NO/c1-59(2)53-23-8-5-14-47(53)50-20-11-17-44(56(50)59)38-26-32-41(33-27-38)61(43-36-30-40(31-37-43)46-19-13-22-52-49-16-7-10-25-55(49)62-58(46)52)42-34-28-39(29-35-42)45-18-12-21-51-48-15-6-9-24-54(48)60(3,4)57(45)51/h5-37H,1-4H3. The van der Waals surface area contributed by atoms with Crippen molar-refractivity contribution < 1.29 is 4.42 Å². The number of para-hydroxylation sites is 2. The maximum Gasteiger partial charge on any atom is 0.143 e. The maximum atomic E-state index is 6.46. The summed E-state index contributed by atoms with van der Waals surface area (Å²) in [6.07, 6.45) is 0. The molecule has 1 aromatic heterocycles. The summed E-state index contributed by atoms with van der Waals surface area (Å²) < 4.78 is 6.46. The third-order valence-corrected chi connectivity index (χ3v) is 13.9. The lowest BCUT2D eigenvalue weighted by atomic mass is 9.79. The van der Waals surface area contributed by atoms with Gasteiger partial charge in [-0.15, -0.1) is 0 Å². The van der Waals surface area contributed by atoms with E-state index in [2.05, 4.69) is 221 Å². The second-order valence-electron chi connectivity index (χ2n) is 18.1.